The maximum Gasteiger partial charge on any atom is 0.171 e. The van der Waals surface area contributed by atoms with Gasteiger partial charge in [-0.15, -0.1) is 0 Å². The molecule has 0 spiro atoms. The average molecular weight is 392 g/mol. The second kappa shape index (κ2) is 8.90. The molecule has 2 aromatic heterocycles. The first kappa shape index (κ1) is 19.9. The van der Waals surface area contributed by atoms with Crippen LogP contribution < -0.4 is 15.4 Å². The molecule has 9 heteroatoms. The summed E-state index contributed by atoms with van der Waals surface area (Å²) >= 11 is 1.50. The highest BCUT2D eigenvalue weighted by Crippen LogP contribution is 2.35. The summed E-state index contributed by atoms with van der Waals surface area (Å²) < 4.78 is 7.46. The Kier molecular flexibility index (Phi) is 6.56. The summed E-state index contributed by atoms with van der Waals surface area (Å²) in [7, 11) is 4.04. The fraction of sp³-hybridized carbons (Fsp3) is 0.611. The van der Waals surface area contributed by atoms with Crippen LogP contribution in [0.5, 0.6) is 5.75 Å². The van der Waals surface area contributed by atoms with Gasteiger partial charge in [-0.2, -0.15) is 5.10 Å². The number of anilines is 1. The number of nitrogens with zero attached hydrogens (tertiary/aromatic N) is 6. The van der Waals surface area contributed by atoms with Crippen molar-refractivity contribution >= 4 is 17.6 Å². The third-order valence-electron chi connectivity index (χ3n) is 4.55. The van der Waals surface area contributed by atoms with Gasteiger partial charge in [0.25, 0.3) is 0 Å². The largest absolute Gasteiger partial charge is 0.488 e. The number of ether oxygens (including phenoxy) is 1. The topological polar surface area (TPSA) is 85.3 Å². The van der Waals surface area contributed by atoms with E-state index in [1.807, 2.05) is 20.2 Å². The Morgan fingerprint density at radius 2 is 1.89 bits per heavy atom. The summed E-state index contributed by atoms with van der Waals surface area (Å²) in [6.07, 6.45) is 2.71. The molecule has 148 valence electrons. The summed E-state index contributed by atoms with van der Waals surface area (Å²) in [5, 5.41) is 6.17. The van der Waals surface area contributed by atoms with Gasteiger partial charge in [0, 0.05) is 39.8 Å². The molecule has 1 aliphatic heterocycles. The van der Waals surface area contributed by atoms with Crippen LogP contribution in [0.15, 0.2) is 16.2 Å². The van der Waals surface area contributed by atoms with Crippen molar-refractivity contribution in [1.82, 2.24) is 24.6 Å². The molecule has 3 heterocycles. The van der Waals surface area contributed by atoms with E-state index in [9.17, 15) is 0 Å². The summed E-state index contributed by atoms with van der Waals surface area (Å²) in [6, 6.07) is 0. The lowest BCUT2D eigenvalue weighted by atomic mass is 10.2. The number of rotatable bonds is 7. The van der Waals surface area contributed by atoms with Gasteiger partial charge in [0.15, 0.2) is 16.6 Å². The van der Waals surface area contributed by atoms with Gasteiger partial charge in [0.1, 0.15) is 11.6 Å². The SMILES string of the molecule is CCc1nc(Sc2nn(C)cc2OCCN)c(C)nc1N1CCN(C)CC1. The van der Waals surface area contributed by atoms with Crippen molar-refractivity contribution in [1.29, 1.82) is 0 Å². The van der Waals surface area contributed by atoms with Crippen molar-refractivity contribution in [3.05, 3.63) is 17.6 Å². The molecule has 1 fully saturated rings. The quantitative estimate of drug-likeness (QED) is 0.756. The molecule has 2 aromatic rings. The van der Waals surface area contributed by atoms with Crippen LogP contribution in [-0.4, -0.2) is 71.0 Å². The Hall–Kier alpha value is -1.84. The monoisotopic (exact) mass is 391 g/mol. The standard InChI is InChI=1S/C18H29N7OS/c1-5-14-16(25-9-7-23(3)8-10-25)20-13(2)17(21-14)27-18-15(26-11-6-19)12-24(4)22-18/h12H,5-11,19H2,1-4H3. The summed E-state index contributed by atoms with van der Waals surface area (Å²) in [5.41, 5.74) is 7.51. The highest BCUT2D eigenvalue weighted by atomic mass is 32.2. The zero-order valence-electron chi connectivity index (χ0n) is 16.6. The predicted molar refractivity (Wildman–Crippen MR) is 108 cm³/mol. The van der Waals surface area contributed by atoms with Gasteiger partial charge in [-0.1, -0.05) is 6.92 Å². The molecule has 27 heavy (non-hydrogen) atoms. The lowest BCUT2D eigenvalue weighted by Gasteiger charge is -2.34. The molecule has 3 rings (SSSR count). The molecule has 0 bridgehead atoms. The van der Waals surface area contributed by atoms with Gasteiger partial charge in [-0.05, 0) is 32.2 Å². The summed E-state index contributed by atoms with van der Waals surface area (Å²) in [4.78, 5) is 14.5. The minimum absolute atomic E-state index is 0.465. The molecule has 0 aliphatic carbocycles. The lowest BCUT2D eigenvalue weighted by molar-refractivity contribution is 0.311. The lowest BCUT2D eigenvalue weighted by Crippen LogP contribution is -2.45. The van der Waals surface area contributed by atoms with Crippen molar-refractivity contribution in [2.75, 3.05) is 51.3 Å². The molecule has 0 atom stereocenters. The molecule has 1 saturated heterocycles. The zero-order valence-corrected chi connectivity index (χ0v) is 17.4. The first-order chi connectivity index (χ1) is 13.0. The van der Waals surface area contributed by atoms with E-state index in [1.54, 1.807) is 4.68 Å². The summed E-state index contributed by atoms with van der Waals surface area (Å²) in [6.45, 7) is 9.15. The van der Waals surface area contributed by atoms with Gasteiger partial charge < -0.3 is 20.3 Å². The minimum atomic E-state index is 0.465. The molecule has 2 N–H and O–H groups in total. The number of hydrogen-bond acceptors (Lipinski definition) is 8. The Labute approximate surface area is 165 Å². The van der Waals surface area contributed by atoms with E-state index in [1.165, 1.54) is 11.8 Å². The molecule has 0 aromatic carbocycles. The Bertz CT molecular complexity index is 771. The van der Waals surface area contributed by atoms with Crippen molar-refractivity contribution in [2.24, 2.45) is 12.8 Å². The third-order valence-corrected chi connectivity index (χ3v) is 5.60. The first-order valence-electron chi connectivity index (χ1n) is 9.37. The number of nitrogens with two attached hydrogens (primary N) is 1. The maximum atomic E-state index is 5.71. The van der Waals surface area contributed by atoms with Crippen LogP contribution in [0.1, 0.15) is 18.3 Å². The van der Waals surface area contributed by atoms with Crippen molar-refractivity contribution in [2.45, 2.75) is 30.3 Å². The number of aryl methyl sites for hydroxylation is 3. The fourth-order valence-corrected chi connectivity index (χ4v) is 3.92. The maximum absolute atomic E-state index is 5.71. The van der Waals surface area contributed by atoms with E-state index in [2.05, 4.69) is 28.9 Å². The van der Waals surface area contributed by atoms with E-state index >= 15 is 0 Å². The Morgan fingerprint density at radius 3 is 2.56 bits per heavy atom. The third kappa shape index (κ3) is 4.72. The van der Waals surface area contributed by atoms with Crippen LogP contribution in [0, 0.1) is 6.92 Å². The van der Waals surface area contributed by atoms with E-state index in [4.69, 9.17) is 20.4 Å². The predicted octanol–water partition coefficient (Wildman–Crippen LogP) is 1.32. The van der Waals surface area contributed by atoms with Gasteiger partial charge in [-0.25, -0.2) is 9.97 Å². The minimum Gasteiger partial charge on any atom is -0.488 e. The van der Waals surface area contributed by atoms with E-state index in [0.29, 0.717) is 13.2 Å². The van der Waals surface area contributed by atoms with E-state index < -0.39 is 0 Å². The second-order valence-corrected chi connectivity index (χ2v) is 7.72. The molecule has 0 saturated carbocycles. The van der Waals surface area contributed by atoms with Crippen LogP contribution in [0.3, 0.4) is 0 Å². The van der Waals surface area contributed by atoms with Gasteiger partial charge in [0.05, 0.1) is 17.6 Å². The average Bonchev–Trinajstić information content (AvgIpc) is 3.01. The first-order valence-corrected chi connectivity index (χ1v) is 10.2. The normalized spacial score (nSPS) is 15.4. The molecular weight excluding hydrogens is 362 g/mol. The van der Waals surface area contributed by atoms with Crippen LogP contribution >= 0.6 is 11.8 Å². The molecule has 0 unspecified atom stereocenters. The molecule has 1 aliphatic rings. The van der Waals surface area contributed by atoms with Gasteiger partial charge >= 0.3 is 0 Å². The number of aromatic nitrogens is 4. The van der Waals surface area contributed by atoms with E-state index in [-0.39, 0.29) is 0 Å². The smallest absolute Gasteiger partial charge is 0.171 e. The van der Waals surface area contributed by atoms with Gasteiger partial charge in [0.2, 0.25) is 0 Å². The van der Waals surface area contributed by atoms with Crippen LogP contribution in [-0.2, 0) is 13.5 Å². The number of likely N-dealkylation sites (N-methyl/N-ethyl adjacent to an activating group) is 1. The van der Waals surface area contributed by atoms with Crippen molar-refractivity contribution in [3.63, 3.8) is 0 Å². The molecule has 8 nitrogen and oxygen atoms in total. The number of hydrogen-bond donors (Lipinski definition) is 1. The van der Waals surface area contributed by atoms with Crippen molar-refractivity contribution in [3.8, 4) is 5.75 Å². The highest BCUT2D eigenvalue weighted by Gasteiger charge is 2.21. The number of piperazine rings is 1. The highest BCUT2D eigenvalue weighted by molar-refractivity contribution is 7.99. The molecular formula is C18H29N7OS. The Balaban J connectivity index is 1.85. The fourth-order valence-electron chi connectivity index (χ4n) is 3.01. The summed E-state index contributed by atoms with van der Waals surface area (Å²) in [5.74, 6) is 1.75. The van der Waals surface area contributed by atoms with Crippen LogP contribution in [0.2, 0.25) is 0 Å². The molecule has 0 radical (unpaired) electrons. The zero-order chi connectivity index (χ0) is 19.4. The molecule has 0 amide bonds. The van der Waals surface area contributed by atoms with Gasteiger partial charge in [-0.3, -0.25) is 4.68 Å². The van der Waals surface area contributed by atoms with Crippen LogP contribution in [0.4, 0.5) is 5.82 Å². The van der Waals surface area contributed by atoms with E-state index in [0.717, 1.165) is 65.6 Å². The van der Waals surface area contributed by atoms with Crippen molar-refractivity contribution < 1.29 is 4.74 Å². The Morgan fingerprint density at radius 1 is 1.15 bits per heavy atom. The van der Waals surface area contributed by atoms with Crippen LogP contribution in [0.25, 0.3) is 0 Å². The second-order valence-electron chi connectivity index (χ2n) is 6.74.